The first-order valence-electron chi connectivity index (χ1n) is 8.21. The SMILES string of the molecule is Cc1ccc(-c2ccc(C=C3C(=O)c4ccccc4C3=O)o2)cc1[N+](=O)[O-]. The van der Waals surface area contributed by atoms with Gasteiger partial charge in [-0.15, -0.1) is 0 Å². The molecule has 0 bridgehead atoms. The van der Waals surface area contributed by atoms with E-state index in [9.17, 15) is 19.7 Å². The van der Waals surface area contributed by atoms with Crippen molar-refractivity contribution in [2.45, 2.75) is 6.92 Å². The van der Waals surface area contributed by atoms with Gasteiger partial charge >= 0.3 is 0 Å². The van der Waals surface area contributed by atoms with Crippen molar-refractivity contribution in [2.75, 3.05) is 0 Å². The maximum Gasteiger partial charge on any atom is 0.273 e. The van der Waals surface area contributed by atoms with Crippen LogP contribution in [0.15, 0.2) is 64.6 Å². The monoisotopic (exact) mass is 359 g/mol. The Labute approximate surface area is 153 Å². The lowest BCUT2D eigenvalue weighted by Gasteiger charge is -2.00. The van der Waals surface area contributed by atoms with Gasteiger partial charge in [-0.1, -0.05) is 36.4 Å². The van der Waals surface area contributed by atoms with Crippen LogP contribution < -0.4 is 0 Å². The van der Waals surface area contributed by atoms with E-state index in [1.165, 1.54) is 12.1 Å². The van der Waals surface area contributed by atoms with Crippen molar-refractivity contribution in [2.24, 2.45) is 0 Å². The van der Waals surface area contributed by atoms with E-state index in [0.29, 0.717) is 33.8 Å². The summed E-state index contributed by atoms with van der Waals surface area (Å²) in [6.07, 6.45) is 1.41. The lowest BCUT2D eigenvalue weighted by atomic mass is 10.1. The quantitative estimate of drug-likeness (QED) is 0.294. The topological polar surface area (TPSA) is 90.4 Å². The first kappa shape index (κ1) is 16.7. The number of benzene rings is 2. The minimum Gasteiger partial charge on any atom is -0.457 e. The van der Waals surface area contributed by atoms with Crippen LogP contribution in [0, 0.1) is 17.0 Å². The van der Waals surface area contributed by atoms with Gasteiger partial charge in [0, 0.05) is 28.3 Å². The summed E-state index contributed by atoms with van der Waals surface area (Å²) in [5.41, 5.74) is 1.92. The van der Waals surface area contributed by atoms with Gasteiger partial charge in [0.25, 0.3) is 5.69 Å². The molecule has 0 atom stereocenters. The van der Waals surface area contributed by atoms with E-state index in [4.69, 9.17) is 4.42 Å². The van der Waals surface area contributed by atoms with Crippen molar-refractivity contribution in [1.29, 1.82) is 0 Å². The van der Waals surface area contributed by atoms with Crippen LogP contribution in [0.3, 0.4) is 0 Å². The molecule has 4 rings (SSSR count). The van der Waals surface area contributed by atoms with Crippen LogP contribution in [0.1, 0.15) is 32.0 Å². The van der Waals surface area contributed by atoms with Gasteiger partial charge in [-0.3, -0.25) is 19.7 Å². The van der Waals surface area contributed by atoms with Gasteiger partial charge in [0.2, 0.25) is 0 Å². The molecular weight excluding hydrogens is 346 g/mol. The summed E-state index contributed by atoms with van der Waals surface area (Å²) in [5.74, 6) is 0.0807. The van der Waals surface area contributed by atoms with E-state index < -0.39 is 4.92 Å². The number of furan rings is 1. The molecule has 0 spiro atoms. The second-order valence-corrected chi connectivity index (χ2v) is 6.22. The second-order valence-electron chi connectivity index (χ2n) is 6.22. The van der Waals surface area contributed by atoms with Gasteiger partial charge in [0.05, 0.1) is 10.5 Å². The van der Waals surface area contributed by atoms with E-state index in [-0.39, 0.29) is 22.8 Å². The molecular formula is C21H13NO5. The Hall–Kier alpha value is -3.80. The van der Waals surface area contributed by atoms with E-state index in [1.807, 2.05) is 0 Å². The average molecular weight is 359 g/mol. The molecule has 0 aliphatic heterocycles. The molecule has 1 aromatic heterocycles. The van der Waals surface area contributed by atoms with Crippen LogP contribution >= 0.6 is 0 Å². The Balaban J connectivity index is 1.70. The Morgan fingerprint density at radius 3 is 2.26 bits per heavy atom. The van der Waals surface area contributed by atoms with Crippen LogP contribution in [0.25, 0.3) is 17.4 Å². The molecule has 6 heteroatoms. The van der Waals surface area contributed by atoms with Crippen LogP contribution in [0.5, 0.6) is 0 Å². The first-order chi connectivity index (χ1) is 13.0. The van der Waals surface area contributed by atoms with Crippen LogP contribution in [-0.2, 0) is 0 Å². The summed E-state index contributed by atoms with van der Waals surface area (Å²) in [5, 5.41) is 11.1. The molecule has 0 radical (unpaired) electrons. The highest BCUT2D eigenvalue weighted by molar-refractivity contribution is 6.41. The summed E-state index contributed by atoms with van der Waals surface area (Å²) in [4.78, 5) is 35.5. The number of carbonyl (C=O) groups excluding carboxylic acids is 2. The van der Waals surface area contributed by atoms with Crippen molar-refractivity contribution in [3.05, 3.63) is 92.7 Å². The molecule has 6 nitrogen and oxygen atoms in total. The molecule has 0 fully saturated rings. The van der Waals surface area contributed by atoms with Gasteiger partial charge in [0.15, 0.2) is 11.6 Å². The number of carbonyl (C=O) groups is 2. The number of nitrogens with zero attached hydrogens (tertiary/aromatic N) is 1. The molecule has 27 heavy (non-hydrogen) atoms. The Kier molecular flexibility index (Phi) is 3.81. The molecule has 0 N–H and O–H groups in total. The number of allylic oxidation sites excluding steroid dienone is 1. The fourth-order valence-corrected chi connectivity index (χ4v) is 3.09. The molecule has 0 saturated carbocycles. The van der Waals surface area contributed by atoms with Crippen LogP contribution in [-0.4, -0.2) is 16.5 Å². The third-order valence-electron chi connectivity index (χ3n) is 4.51. The van der Waals surface area contributed by atoms with Gasteiger partial charge < -0.3 is 4.42 Å². The molecule has 0 unspecified atom stereocenters. The number of hydrogen-bond donors (Lipinski definition) is 0. The summed E-state index contributed by atoms with van der Waals surface area (Å²) >= 11 is 0. The van der Waals surface area contributed by atoms with Crippen molar-refractivity contribution in [3.63, 3.8) is 0 Å². The normalized spacial score (nSPS) is 13.0. The predicted octanol–water partition coefficient (Wildman–Crippen LogP) is 4.63. The van der Waals surface area contributed by atoms with E-state index >= 15 is 0 Å². The zero-order valence-electron chi connectivity index (χ0n) is 14.3. The minimum atomic E-state index is -0.447. The Bertz CT molecular complexity index is 1120. The van der Waals surface area contributed by atoms with Gasteiger partial charge in [-0.2, -0.15) is 0 Å². The minimum absolute atomic E-state index is 0.000373. The Morgan fingerprint density at radius 2 is 1.63 bits per heavy atom. The highest BCUT2D eigenvalue weighted by atomic mass is 16.6. The molecule has 1 heterocycles. The van der Waals surface area contributed by atoms with Crippen molar-refractivity contribution in [1.82, 2.24) is 0 Å². The highest BCUT2D eigenvalue weighted by Crippen LogP contribution is 2.31. The molecule has 132 valence electrons. The molecule has 1 aliphatic carbocycles. The maximum absolute atomic E-state index is 12.4. The van der Waals surface area contributed by atoms with E-state index in [0.717, 1.165) is 0 Å². The largest absolute Gasteiger partial charge is 0.457 e. The predicted molar refractivity (Wildman–Crippen MR) is 98.6 cm³/mol. The summed E-state index contributed by atoms with van der Waals surface area (Å²) in [7, 11) is 0. The Morgan fingerprint density at radius 1 is 0.963 bits per heavy atom. The van der Waals surface area contributed by atoms with Crippen molar-refractivity contribution < 1.29 is 18.9 Å². The zero-order valence-corrected chi connectivity index (χ0v) is 14.3. The number of nitro benzene ring substituents is 1. The summed E-state index contributed by atoms with van der Waals surface area (Å²) in [6, 6.07) is 14.7. The van der Waals surface area contributed by atoms with E-state index in [1.54, 1.807) is 55.5 Å². The smallest absolute Gasteiger partial charge is 0.273 e. The van der Waals surface area contributed by atoms with Crippen LogP contribution in [0.2, 0.25) is 0 Å². The highest BCUT2D eigenvalue weighted by Gasteiger charge is 2.32. The fourth-order valence-electron chi connectivity index (χ4n) is 3.09. The standard InChI is InChI=1S/C21H13NO5/c1-12-6-7-13(10-18(12)22(25)26)19-9-8-14(27-19)11-17-20(23)15-4-2-3-5-16(15)21(17)24/h2-11H,1H3. The number of ketones is 2. The molecule has 0 saturated heterocycles. The second kappa shape index (κ2) is 6.17. The third kappa shape index (κ3) is 2.77. The van der Waals surface area contributed by atoms with Crippen molar-refractivity contribution in [3.8, 4) is 11.3 Å². The van der Waals surface area contributed by atoms with Gasteiger partial charge in [0.1, 0.15) is 11.5 Å². The number of nitro groups is 1. The molecule has 3 aromatic rings. The van der Waals surface area contributed by atoms with E-state index in [2.05, 4.69) is 0 Å². The molecule has 1 aliphatic rings. The number of hydrogen-bond acceptors (Lipinski definition) is 5. The summed E-state index contributed by atoms with van der Waals surface area (Å²) < 4.78 is 5.70. The molecule has 0 amide bonds. The number of aryl methyl sites for hydroxylation is 1. The maximum atomic E-state index is 12.4. The lowest BCUT2D eigenvalue weighted by Crippen LogP contribution is -1.99. The third-order valence-corrected chi connectivity index (χ3v) is 4.51. The zero-order chi connectivity index (χ0) is 19.1. The number of Topliss-reactive ketones (excluding diaryl/α,β-unsaturated/α-hetero) is 2. The number of rotatable bonds is 3. The van der Waals surface area contributed by atoms with Gasteiger partial charge in [-0.25, -0.2) is 0 Å². The fraction of sp³-hybridized carbons (Fsp3) is 0.0476. The lowest BCUT2D eigenvalue weighted by molar-refractivity contribution is -0.385. The van der Waals surface area contributed by atoms with Crippen LogP contribution in [0.4, 0.5) is 5.69 Å². The van der Waals surface area contributed by atoms with Crippen molar-refractivity contribution >= 4 is 23.3 Å². The average Bonchev–Trinajstić information content (AvgIpc) is 3.22. The first-order valence-corrected chi connectivity index (χ1v) is 8.21. The van der Waals surface area contributed by atoms with Gasteiger partial charge in [-0.05, 0) is 25.1 Å². The summed E-state index contributed by atoms with van der Waals surface area (Å²) in [6.45, 7) is 1.66. The number of fused-ring (bicyclic) bond motifs is 1. The molecule has 2 aromatic carbocycles.